The summed E-state index contributed by atoms with van der Waals surface area (Å²) in [6.07, 6.45) is 4.02. The molecule has 0 bridgehead atoms. The number of oxazole rings is 1. The summed E-state index contributed by atoms with van der Waals surface area (Å²) in [6.45, 7) is 1.22. The lowest BCUT2D eigenvalue weighted by Crippen LogP contribution is -2.23. The fourth-order valence-electron chi connectivity index (χ4n) is 2.36. The fraction of sp³-hybridized carbons (Fsp3) is 0.308. The fourth-order valence-corrected chi connectivity index (χ4v) is 2.36. The van der Waals surface area contributed by atoms with Crippen molar-refractivity contribution in [3.63, 3.8) is 0 Å². The van der Waals surface area contributed by atoms with Gasteiger partial charge in [0.1, 0.15) is 12.0 Å². The van der Waals surface area contributed by atoms with Gasteiger partial charge in [0.05, 0.1) is 12.7 Å². The number of hydrogen-bond donors (Lipinski definition) is 1. The number of ether oxygens (including phenoxy) is 1. The second-order valence-electron chi connectivity index (χ2n) is 4.09. The maximum absolute atomic E-state index is 5.73. The van der Waals surface area contributed by atoms with Crippen LogP contribution in [-0.2, 0) is 11.2 Å². The van der Waals surface area contributed by atoms with Gasteiger partial charge < -0.3 is 14.9 Å². The number of hydrogen-bond acceptors (Lipinski definition) is 4. The molecule has 0 saturated carbocycles. The molecule has 18 heavy (non-hydrogen) atoms. The second-order valence-corrected chi connectivity index (χ2v) is 4.09. The molecule has 0 unspecified atom stereocenters. The van der Waals surface area contributed by atoms with Crippen LogP contribution >= 0.6 is 12.4 Å². The van der Waals surface area contributed by atoms with Crippen LogP contribution in [0.25, 0.3) is 11.3 Å². The van der Waals surface area contributed by atoms with Crippen molar-refractivity contribution in [2.75, 3.05) is 13.2 Å². The third kappa shape index (κ3) is 2.14. The van der Waals surface area contributed by atoms with Crippen LogP contribution in [0.1, 0.15) is 17.2 Å². The molecule has 4 nitrogen and oxygen atoms in total. The second kappa shape index (κ2) is 5.52. The minimum absolute atomic E-state index is 0. The minimum Gasteiger partial charge on any atom is -0.451 e. The van der Waals surface area contributed by atoms with E-state index in [-0.39, 0.29) is 18.5 Å². The SMILES string of the molecule is Cl.NC[C@@H]1OCCc2c(-c3cocn3)cccc21. The Morgan fingerprint density at radius 2 is 2.28 bits per heavy atom. The third-order valence-corrected chi connectivity index (χ3v) is 3.15. The van der Waals surface area contributed by atoms with Crippen LogP contribution in [0, 0.1) is 0 Å². The molecule has 1 aliphatic rings. The van der Waals surface area contributed by atoms with Crippen molar-refractivity contribution < 1.29 is 9.15 Å². The first-order valence-electron chi connectivity index (χ1n) is 5.72. The van der Waals surface area contributed by atoms with Crippen LogP contribution in [0.2, 0.25) is 0 Å². The van der Waals surface area contributed by atoms with E-state index in [1.807, 2.05) is 6.07 Å². The van der Waals surface area contributed by atoms with Crippen molar-refractivity contribution in [1.82, 2.24) is 4.98 Å². The Morgan fingerprint density at radius 3 is 3.00 bits per heavy atom. The van der Waals surface area contributed by atoms with Gasteiger partial charge in [0.2, 0.25) is 0 Å². The van der Waals surface area contributed by atoms with Crippen LogP contribution in [0.3, 0.4) is 0 Å². The number of nitrogens with two attached hydrogens (primary N) is 1. The standard InChI is InChI=1S/C13H14N2O2.ClH/c14-6-13-11-3-1-2-10(9(11)4-5-17-13)12-7-16-8-15-12;/h1-3,7-8,13H,4-6,14H2;1H/t13-;/m0./s1. The van der Waals surface area contributed by atoms with E-state index in [1.54, 1.807) is 6.26 Å². The quantitative estimate of drug-likeness (QED) is 0.906. The van der Waals surface area contributed by atoms with Gasteiger partial charge in [-0.3, -0.25) is 0 Å². The molecule has 2 heterocycles. The molecule has 1 aromatic heterocycles. The Labute approximate surface area is 112 Å². The number of aromatic nitrogens is 1. The van der Waals surface area contributed by atoms with Crippen molar-refractivity contribution >= 4 is 12.4 Å². The molecule has 1 aliphatic heterocycles. The zero-order valence-corrected chi connectivity index (χ0v) is 10.7. The summed E-state index contributed by atoms with van der Waals surface area (Å²) in [6, 6.07) is 6.16. The van der Waals surface area contributed by atoms with Crippen LogP contribution in [-0.4, -0.2) is 18.1 Å². The van der Waals surface area contributed by atoms with E-state index < -0.39 is 0 Å². The summed E-state index contributed by atoms with van der Waals surface area (Å²) >= 11 is 0. The van der Waals surface area contributed by atoms with E-state index in [2.05, 4.69) is 17.1 Å². The largest absolute Gasteiger partial charge is 0.451 e. The Balaban J connectivity index is 0.00000120. The Bertz CT molecular complexity index is 514. The zero-order valence-electron chi connectivity index (χ0n) is 9.83. The number of halogens is 1. The van der Waals surface area contributed by atoms with Gasteiger partial charge in [-0.1, -0.05) is 18.2 Å². The van der Waals surface area contributed by atoms with Crippen molar-refractivity contribution in [3.8, 4) is 11.3 Å². The van der Waals surface area contributed by atoms with Crippen molar-refractivity contribution in [3.05, 3.63) is 42.0 Å². The smallest absolute Gasteiger partial charge is 0.181 e. The van der Waals surface area contributed by atoms with Gasteiger partial charge in [-0.05, 0) is 17.5 Å². The first-order chi connectivity index (χ1) is 8.40. The predicted molar refractivity (Wildman–Crippen MR) is 70.6 cm³/mol. The molecule has 2 N–H and O–H groups in total. The highest BCUT2D eigenvalue weighted by atomic mass is 35.5. The predicted octanol–water partition coefficient (Wildman–Crippen LogP) is 2.34. The molecule has 0 spiro atoms. The molecule has 1 atom stereocenters. The van der Waals surface area contributed by atoms with Crippen LogP contribution in [0.5, 0.6) is 0 Å². The average Bonchev–Trinajstić information content (AvgIpc) is 2.91. The van der Waals surface area contributed by atoms with Gasteiger partial charge in [-0.2, -0.15) is 0 Å². The van der Waals surface area contributed by atoms with Gasteiger partial charge >= 0.3 is 0 Å². The Hall–Kier alpha value is -1.36. The van der Waals surface area contributed by atoms with E-state index in [9.17, 15) is 0 Å². The van der Waals surface area contributed by atoms with E-state index in [1.165, 1.54) is 17.5 Å². The maximum Gasteiger partial charge on any atom is 0.181 e. The molecule has 96 valence electrons. The zero-order chi connectivity index (χ0) is 11.7. The Morgan fingerprint density at radius 1 is 1.39 bits per heavy atom. The summed E-state index contributed by atoms with van der Waals surface area (Å²) < 4.78 is 10.7. The number of fused-ring (bicyclic) bond motifs is 1. The molecule has 3 rings (SSSR count). The summed E-state index contributed by atoms with van der Waals surface area (Å²) in [4.78, 5) is 4.21. The van der Waals surface area contributed by atoms with E-state index in [0.717, 1.165) is 17.7 Å². The highest BCUT2D eigenvalue weighted by Gasteiger charge is 2.22. The lowest BCUT2D eigenvalue weighted by Gasteiger charge is -2.26. The van der Waals surface area contributed by atoms with Crippen LogP contribution < -0.4 is 5.73 Å². The highest BCUT2D eigenvalue weighted by Crippen LogP contribution is 2.33. The van der Waals surface area contributed by atoms with Crippen LogP contribution in [0.4, 0.5) is 0 Å². The molecular formula is C13H15ClN2O2. The molecule has 5 heteroatoms. The normalized spacial score (nSPS) is 17.9. The molecule has 1 aromatic carbocycles. The number of nitrogens with zero attached hydrogens (tertiary/aromatic N) is 1. The van der Waals surface area contributed by atoms with E-state index in [4.69, 9.17) is 14.9 Å². The molecule has 2 aromatic rings. The van der Waals surface area contributed by atoms with Gasteiger partial charge in [0.25, 0.3) is 0 Å². The van der Waals surface area contributed by atoms with Gasteiger partial charge in [-0.25, -0.2) is 4.98 Å². The average molecular weight is 267 g/mol. The summed E-state index contributed by atoms with van der Waals surface area (Å²) in [5.74, 6) is 0. The summed E-state index contributed by atoms with van der Waals surface area (Å²) in [5.41, 5.74) is 10.2. The number of benzene rings is 1. The lowest BCUT2D eigenvalue weighted by molar-refractivity contribution is 0.0486. The molecule has 0 fully saturated rings. The van der Waals surface area contributed by atoms with Gasteiger partial charge in [-0.15, -0.1) is 12.4 Å². The first kappa shape index (κ1) is 13.1. The third-order valence-electron chi connectivity index (χ3n) is 3.15. The minimum atomic E-state index is 0. The van der Waals surface area contributed by atoms with Gasteiger partial charge in [0.15, 0.2) is 6.39 Å². The molecule has 0 amide bonds. The lowest BCUT2D eigenvalue weighted by atomic mass is 9.92. The first-order valence-corrected chi connectivity index (χ1v) is 5.72. The number of rotatable bonds is 2. The molecule has 0 saturated heterocycles. The summed E-state index contributed by atoms with van der Waals surface area (Å²) in [7, 11) is 0. The topological polar surface area (TPSA) is 61.3 Å². The van der Waals surface area contributed by atoms with Gasteiger partial charge in [0, 0.05) is 12.1 Å². The molecule has 0 radical (unpaired) electrons. The summed E-state index contributed by atoms with van der Waals surface area (Å²) in [5, 5.41) is 0. The molecular weight excluding hydrogens is 252 g/mol. The van der Waals surface area contributed by atoms with E-state index in [0.29, 0.717) is 13.2 Å². The molecule has 0 aliphatic carbocycles. The highest BCUT2D eigenvalue weighted by molar-refractivity contribution is 5.85. The van der Waals surface area contributed by atoms with Crippen molar-refractivity contribution in [2.24, 2.45) is 5.73 Å². The van der Waals surface area contributed by atoms with Crippen molar-refractivity contribution in [1.29, 1.82) is 0 Å². The maximum atomic E-state index is 5.73. The van der Waals surface area contributed by atoms with Crippen molar-refractivity contribution in [2.45, 2.75) is 12.5 Å². The van der Waals surface area contributed by atoms with E-state index >= 15 is 0 Å². The monoisotopic (exact) mass is 266 g/mol. The Kier molecular flexibility index (Phi) is 4.01. The van der Waals surface area contributed by atoms with Crippen LogP contribution in [0.15, 0.2) is 35.3 Å².